The van der Waals surface area contributed by atoms with E-state index in [1.165, 1.54) is 18.4 Å². The molecule has 4 heteroatoms. The van der Waals surface area contributed by atoms with Crippen molar-refractivity contribution in [2.45, 2.75) is 32.4 Å². The van der Waals surface area contributed by atoms with E-state index in [0.717, 1.165) is 18.7 Å². The van der Waals surface area contributed by atoms with Crippen LogP contribution in [0, 0.1) is 6.92 Å². The zero-order valence-electron chi connectivity index (χ0n) is 12.5. The van der Waals surface area contributed by atoms with E-state index in [9.17, 15) is 4.79 Å². The highest BCUT2D eigenvalue weighted by Crippen LogP contribution is 2.08. The molecule has 1 saturated heterocycles. The largest absolute Gasteiger partial charge is 0.351 e. The van der Waals surface area contributed by atoms with Crippen molar-refractivity contribution in [1.82, 2.24) is 15.5 Å². The first-order chi connectivity index (χ1) is 9.65. The lowest BCUT2D eigenvalue weighted by atomic mass is 10.1. The van der Waals surface area contributed by atoms with Crippen molar-refractivity contribution in [3.63, 3.8) is 0 Å². The summed E-state index contributed by atoms with van der Waals surface area (Å²) in [7, 11) is 2.03. The number of nitrogens with zero attached hydrogens (tertiary/aromatic N) is 1. The van der Waals surface area contributed by atoms with Crippen LogP contribution in [0.25, 0.3) is 0 Å². The molecule has 0 bridgehead atoms. The van der Waals surface area contributed by atoms with Crippen LogP contribution in [0.2, 0.25) is 0 Å². The average Bonchev–Trinajstić information content (AvgIpc) is 2.47. The van der Waals surface area contributed by atoms with Crippen molar-refractivity contribution < 1.29 is 4.79 Å². The van der Waals surface area contributed by atoms with Gasteiger partial charge < -0.3 is 10.6 Å². The molecule has 1 amide bonds. The highest BCUT2D eigenvalue weighted by molar-refractivity contribution is 5.78. The molecule has 1 unspecified atom stereocenters. The Morgan fingerprint density at radius 1 is 1.40 bits per heavy atom. The lowest BCUT2D eigenvalue weighted by Gasteiger charge is -2.31. The Morgan fingerprint density at radius 3 is 2.80 bits per heavy atom. The van der Waals surface area contributed by atoms with E-state index >= 15 is 0 Å². The Hall–Kier alpha value is -1.39. The zero-order valence-corrected chi connectivity index (χ0v) is 12.5. The van der Waals surface area contributed by atoms with Crippen LogP contribution in [-0.2, 0) is 11.3 Å². The van der Waals surface area contributed by atoms with Crippen molar-refractivity contribution >= 4 is 5.91 Å². The standard InChI is InChI=1S/C16H25N3O/c1-13-5-7-14(8-6-13)10-18-16(20)12-19(2)15-4-3-9-17-11-15/h5-8,15,17H,3-4,9-12H2,1-2H3,(H,18,20). The predicted molar refractivity (Wildman–Crippen MR) is 81.5 cm³/mol. The molecule has 1 aromatic carbocycles. The monoisotopic (exact) mass is 275 g/mol. The second kappa shape index (κ2) is 7.41. The number of hydrogen-bond donors (Lipinski definition) is 2. The van der Waals surface area contributed by atoms with E-state index in [2.05, 4.69) is 46.7 Å². The third-order valence-electron chi connectivity index (χ3n) is 3.90. The van der Waals surface area contributed by atoms with Gasteiger partial charge in [0, 0.05) is 19.1 Å². The maximum absolute atomic E-state index is 12.0. The smallest absolute Gasteiger partial charge is 0.234 e. The van der Waals surface area contributed by atoms with Gasteiger partial charge in [-0.05, 0) is 38.9 Å². The topological polar surface area (TPSA) is 44.4 Å². The normalized spacial score (nSPS) is 19.1. The van der Waals surface area contributed by atoms with Crippen LogP contribution in [0.4, 0.5) is 0 Å². The highest BCUT2D eigenvalue weighted by Gasteiger charge is 2.19. The fourth-order valence-corrected chi connectivity index (χ4v) is 2.53. The second-order valence-electron chi connectivity index (χ2n) is 5.68. The van der Waals surface area contributed by atoms with Crippen molar-refractivity contribution in [2.75, 3.05) is 26.7 Å². The number of hydrogen-bond acceptors (Lipinski definition) is 3. The van der Waals surface area contributed by atoms with Gasteiger partial charge in [-0.25, -0.2) is 0 Å². The molecule has 2 rings (SSSR count). The molecule has 2 N–H and O–H groups in total. The van der Waals surface area contributed by atoms with Gasteiger partial charge in [0.05, 0.1) is 6.54 Å². The Morgan fingerprint density at radius 2 is 2.15 bits per heavy atom. The van der Waals surface area contributed by atoms with Crippen molar-refractivity contribution in [3.8, 4) is 0 Å². The van der Waals surface area contributed by atoms with Crippen LogP contribution in [0.15, 0.2) is 24.3 Å². The third-order valence-corrected chi connectivity index (χ3v) is 3.90. The number of piperidine rings is 1. The van der Waals surface area contributed by atoms with E-state index in [1.807, 2.05) is 7.05 Å². The van der Waals surface area contributed by atoms with Gasteiger partial charge in [-0.2, -0.15) is 0 Å². The SMILES string of the molecule is Cc1ccc(CNC(=O)CN(C)C2CCCNC2)cc1. The van der Waals surface area contributed by atoms with Crippen LogP contribution in [0.1, 0.15) is 24.0 Å². The molecule has 110 valence electrons. The van der Waals surface area contributed by atoms with E-state index in [1.54, 1.807) is 0 Å². The highest BCUT2D eigenvalue weighted by atomic mass is 16.2. The molecule has 0 saturated carbocycles. The van der Waals surface area contributed by atoms with E-state index in [4.69, 9.17) is 0 Å². The minimum absolute atomic E-state index is 0.0960. The van der Waals surface area contributed by atoms with Crippen LogP contribution in [0.5, 0.6) is 0 Å². The fraction of sp³-hybridized carbons (Fsp3) is 0.562. The van der Waals surface area contributed by atoms with Gasteiger partial charge in [0.2, 0.25) is 5.91 Å². The number of amides is 1. The van der Waals surface area contributed by atoms with E-state index in [-0.39, 0.29) is 5.91 Å². The van der Waals surface area contributed by atoms with Crippen molar-refractivity contribution in [2.24, 2.45) is 0 Å². The molecule has 1 heterocycles. The Bertz CT molecular complexity index is 424. The summed E-state index contributed by atoms with van der Waals surface area (Å²) in [6.07, 6.45) is 2.37. The number of nitrogens with one attached hydrogen (secondary N) is 2. The molecule has 1 aliphatic rings. The first kappa shape index (κ1) is 15.0. The Labute approximate surface area is 121 Å². The number of carbonyl (C=O) groups is 1. The first-order valence-corrected chi connectivity index (χ1v) is 7.38. The number of likely N-dealkylation sites (N-methyl/N-ethyl adjacent to an activating group) is 1. The summed E-state index contributed by atoms with van der Waals surface area (Å²) in [6.45, 7) is 5.23. The second-order valence-corrected chi connectivity index (χ2v) is 5.68. The Balaban J connectivity index is 1.73. The molecular formula is C16H25N3O. The number of carbonyl (C=O) groups excluding carboxylic acids is 1. The number of aryl methyl sites for hydroxylation is 1. The van der Waals surface area contributed by atoms with Gasteiger partial charge in [0.1, 0.15) is 0 Å². The lowest BCUT2D eigenvalue weighted by molar-refractivity contribution is -0.122. The summed E-state index contributed by atoms with van der Waals surface area (Å²) < 4.78 is 0. The van der Waals surface area contributed by atoms with Crippen molar-refractivity contribution in [3.05, 3.63) is 35.4 Å². The average molecular weight is 275 g/mol. The van der Waals surface area contributed by atoms with Crippen LogP contribution >= 0.6 is 0 Å². The number of benzene rings is 1. The quantitative estimate of drug-likeness (QED) is 0.851. The zero-order chi connectivity index (χ0) is 14.4. The molecular weight excluding hydrogens is 250 g/mol. The maximum atomic E-state index is 12.0. The van der Waals surface area contributed by atoms with E-state index < -0.39 is 0 Å². The Kier molecular flexibility index (Phi) is 5.56. The maximum Gasteiger partial charge on any atom is 0.234 e. The van der Waals surface area contributed by atoms with Gasteiger partial charge >= 0.3 is 0 Å². The van der Waals surface area contributed by atoms with Crippen LogP contribution in [0.3, 0.4) is 0 Å². The van der Waals surface area contributed by atoms with Crippen LogP contribution < -0.4 is 10.6 Å². The minimum Gasteiger partial charge on any atom is -0.351 e. The molecule has 0 aliphatic carbocycles. The molecule has 1 atom stereocenters. The molecule has 0 spiro atoms. The fourth-order valence-electron chi connectivity index (χ4n) is 2.53. The molecule has 1 aromatic rings. The molecule has 0 aromatic heterocycles. The first-order valence-electron chi connectivity index (χ1n) is 7.38. The molecule has 0 radical (unpaired) electrons. The lowest BCUT2D eigenvalue weighted by Crippen LogP contribution is -2.47. The van der Waals surface area contributed by atoms with Gasteiger partial charge in [-0.3, -0.25) is 9.69 Å². The van der Waals surface area contributed by atoms with Gasteiger partial charge in [-0.15, -0.1) is 0 Å². The van der Waals surface area contributed by atoms with Gasteiger partial charge in [0.15, 0.2) is 0 Å². The summed E-state index contributed by atoms with van der Waals surface area (Å²) in [5, 5.41) is 6.37. The summed E-state index contributed by atoms with van der Waals surface area (Å²) in [6, 6.07) is 8.74. The summed E-state index contributed by atoms with van der Waals surface area (Å²) in [4.78, 5) is 14.1. The predicted octanol–water partition coefficient (Wildman–Crippen LogP) is 1.30. The summed E-state index contributed by atoms with van der Waals surface area (Å²) in [5.41, 5.74) is 2.38. The molecule has 1 aliphatic heterocycles. The number of rotatable bonds is 5. The molecule has 20 heavy (non-hydrogen) atoms. The minimum atomic E-state index is 0.0960. The third kappa shape index (κ3) is 4.62. The van der Waals surface area contributed by atoms with Crippen molar-refractivity contribution in [1.29, 1.82) is 0 Å². The van der Waals surface area contributed by atoms with Gasteiger partial charge in [0.25, 0.3) is 0 Å². The molecule has 1 fully saturated rings. The molecule has 4 nitrogen and oxygen atoms in total. The van der Waals surface area contributed by atoms with Gasteiger partial charge in [-0.1, -0.05) is 29.8 Å². The van der Waals surface area contributed by atoms with E-state index in [0.29, 0.717) is 19.1 Å². The summed E-state index contributed by atoms with van der Waals surface area (Å²) in [5.74, 6) is 0.0960. The summed E-state index contributed by atoms with van der Waals surface area (Å²) >= 11 is 0. The van der Waals surface area contributed by atoms with Crippen LogP contribution in [-0.4, -0.2) is 43.5 Å².